The highest BCUT2D eigenvalue weighted by Crippen LogP contribution is 2.45. The summed E-state index contributed by atoms with van der Waals surface area (Å²) in [7, 11) is 1.73. The third-order valence-electron chi connectivity index (χ3n) is 6.10. The molecule has 0 radical (unpaired) electrons. The Morgan fingerprint density at radius 1 is 1.32 bits per heavy atom. The molecule has 0 aromatic carbocycles. The fraction of sp³-hybridized carbons (Fsp3) is 0.591. The number of aromatic nitrogens is 1. The van der Waals surface area contributed by atoms with Gasteiger partial charge in [0.05, 0.1) is 17.6 Å². The number of rotatable bonds is 7. The Labute approximate surface area is 178 Å². The fourth-order valence-corrected chi connectivity index (χ4v) is 5.53. The number of thiophene rings is 1. The van der Waals surface area contributed by atoms with E-state index < -0.39 is 0 Å². The van der Waals surface area contributed by atoms with Crippen molar-refractivity contribution in [2.24, 2.45) is 0 Å². The lowest BCUT2D eigenvalue weighted by Crippen LogP contribution is -2.37. The predicted octanol–water partition coefficient (Wildman–Crippen LogP) is 5.11. The van der Waals surface area contributed by atoms with Gasteiger partial charge >= 0.3 is 0 Å². The molecule has 1 aliphatic heterocycles. The summed E-state index contributed by atoms with van der Waals surface area (Å²) in [6.07, 6.45) is 10.3. The van der Waals surface area contributed by atoms with Crippen molar-refractivity contribution in [3.8, 4) is 5.75 Å². The second kappa shape index (κ2) is 10.1. The van der Waals surface area contributed by atoms with Crippen LogP contribution in [-0.2, 0) is 17.7 Å². The molecule has 154 valence electrons. The van der Waals surface area contributed by atoms with Crippen molar-refractivity contribution in [2.45, 2.75) is 63.0 Å². The number of hydrogen-bond donors (Lipinski definition) is 1. The summed E-state index contributed by atoms with van der Waals surface area (Å²) in [6, 6.07) is 6.36. The van der Waals surface area contributed by atoms with Gasteiger partial charge in [-0.15, -0.1) is 23.7 Å². The van der Waals surface area contributed by atoms with Crippen LogP contribution < -0.4 is 10.1 Å². The van der Waals surface area contributed by atoms with Gasteiger partial charge < -0.3 is 14.8 Å². The molecule has 4 rings (SSSR count). The lowest BCUT2D eigenvalue weighted by molar-refractivity contribution is -0.0809. The lowest BCUT2D eigenvalue weighted by atomic mass is 9.81. The summed E-state index contributed by atoms with van der Waals surface area (Å²) < 4.78 is 11.6. The van der Waals surface area contributed by atoms with E-state index in [0.717, 1.165) is 44.7 Å². The molecule has 0 amide bonds. The minimum Gasteiger partial charge on any atom is -0.496 e. The minimum atomic E-state index is 0. The maximum Gasteiger partial charge on any atom is 0.134 e. The Bertz CT molecular complexity index is 746. The molecule has 28 heavy (non-hydrogen) atoms. The Morgan fingerprint density at radius 2 is 2.18 bits per heavy atom. The van der Waals surface area contributed by atoms with Crippen molar-refractivity contribution in [3.63, 3.8) is 0 Å². The molecule has 1 N–H and O–H groups in total. The molecule has 1 atom stereocenters. The summed E-state index contributed by atoms with van der Waals surface area (Å²) in [5, 5.41) is 5.65. The lowest BCUT2D eigenvalue weighted by Gasteiger charge is -2.38. The molecule has 1 spiro atoms. The number of nitrogens with one attached hydrogen (secondary N) is 1. The number of halogens is 1. The third-order valence-corrected chi connectivity index (χ3v) is 7.00. The molecule has 2 aromatic heterocycles. The van der Waals surface area contributed by atoms with E-state index in [1.807, 2.05) is 12.3 Å². The Morgan fingerprint density at radius 3 is 3.00 bits per heavy atom. The van der Waals surface area contributed by atoms with Crippen LogP contribution >= 0.6 is 23.7 Å². The average molecular weight is 423 g/mol. The van der Waals surface area contributed by atoms with Gasteiger partial charge in [-0.1, -0.05) is 18.9 Å². The molecule has 6 heteroatoms. The minimum absolute atomic E-state index is 0. The van der Waals surface area contributed by atoms with Gasteiger partial charge in [0.25, 0.3) is 0 Å². The average Bonchev–Trinajstić information content (AvgIpc) is 3.35. The van der Waals surface area contributed by atoms with Crippen molar-refractivity contribution >= 4 is 23.7 Å². The van der Waals surface area contributed by atoms with Crippen LogP contribution in [0.25, 0.3) is 0 Å². The van der Waals surface area contributed by atoms with Crippen molar-refractivity contribution in [1.82, 2.24) is 10.3 Å². The van der Waals surface area contributed by atoms with Gasteiger partial charge in [-0.25, -0.2) is 0 Å². The summed E-state index contributed by atoms with van der Waals surface area (Å²) >= 11 is 1.74. The van der Waals surface area contributed by atoms with Gasteiger partial charge in [0.15, 0.2) is 0 Å². The molecule has 1 aliphatic carbocycles. The molecule has 2 fully saturated rings. The second-order valence-electron chi connectivity index (χ2n) is 7.81. The number of nitrogens with zero attached hydrogens (tertiary/aromatic N) is 1. The van der Waals surface area contributed by atoms with E-state index in [0.29, 0.717) is 5.92 Å². The molecule has 1 unspecified atom stereocenters. The van der Waals surface area contributed by atoms with E-state index in [2.05, 4.69) is 22.8 Å². The summed E-state index contributed by atoms with van der Waals surface area (Å²) in [6.45, 7) is 2.70. The molecule has 4 nitrogen and oxygen atoms in total. The van der Waals surface area contributed by atoms with Crippen LogP contribution in [-0.4, -0.2) is 30.8 Å². The van der Waals surface area contributed by atoms with Crippen LogP contribution in [0.1, 0.15) is 60.6 Å². The predicted molar refractivity (Wildman–Crippen MR) is 117 cm³/mol. The van der Waals surface area contributed by atoms with Crippen LogP contribution in [0.2, 0.25) is 0 Å². The zero-order valence-corrected chi connectivity index (χ0v) is 18.2. The highest BCUT2D eigenvalue weighted by molar-refractivity contribution is 7.10. The van der Waals surface area contributed by atoms with Crippen LogP contribution in [0, 0.1) is 0 Å². The molecular formula is C22H31ClN2O2S. The van der Waals surface area contributed by atoms with Gasteiger partial charge in [-0.3, -0.25) is 4.98 Å². The maximum absolute atomic E-state index is 6.23. The van der Waals surface area contributed by atoms with Crippen LogP contribution in [0.4, 0.5) is 0 Å². The Kier molecular flexibility index (Phi) is 7.75. The zero-order valence-electron chi connectivity index (χ0n) is 16.6. The first-order valence-electron chi connectivity index (χ1n) is 10.2. The Hall–Kier alpha value is -1.14. The smallest absolute Gasteiger partial charge is 0.134 e. The monoisotopic (exact) mass is 422 g/mol. The van der Waals surface area contributed by atoms with E-state index in [-0.39, 0.29) is 18.0 Å². The van der Waals surface area contributed by atoms with E-state index in [4.69, 9.17) is 14.5 Å². The molecule has 2 aromatic rings. The number of pyridine rings is 1. The highest BCUT2D eigenvalue weighted by atomic mass is 35.5. The summed E-state index contributed by atoms with van der Waals surface area (Å²) in [4.78, 5) is 6.07. The van der Waals surface area contributed by atoms with Gasteiger partial charge in [0.2, 0.25) is 0 Å². The van der Waals surface area contributed by atoms with Crippen LogP contribution in [0.3, 0.4) is 0 Å². The zero-order chi connectivity index (χ0) is 18.5. The summed E-state index contributed by atoms with van der Waals surface area (Å²) in [5.41, 5.74) is 2.84. The fourth-order valence-electron chi connectivity index (χ4n) is 4.72. The topological polar surface area (TPSA) is 43.4 Å². The first kappa shape index (κ1) is 21.6. The van der Waals surface area contributed by atoms with E-state index in [1.54, 1.807) is 18.4 Å². The molecule has 0 bridgehead atoms. The van der Waals surface area contributed by atoms with Crippen molar-refractivity contribution in [3.05, 3.63) is 45.9 Å². The number of ether oxygens (including phenoxy) is 2. The molecule has 1 saturated carbocycles. The highest BCUT2D eigenvalue weighted by Gasteiger charge is 2.40. The van der Waals surface area contributed by atoms with Gasteiger partial charge in [-0.2, -0.15) is 0 Å². The normalized spacial score (nSPS) is 20.8. The number of methoxy groups -OCH3 is 1. The van der Waals surface area contributed by atoms with E-state index in [9.17, 15) is 0 Å². The van der Waals surface area contributed by atoms with Gasteiger partial charge in [-0.05, 0) is 61.7 Å². The van der Waals surface area contributed by atoms with Crippen LogP contribution in [0.15, 0.2) is 29.8 Å². The van der Waals surface area contributed by atoms with Crippen molar-refractivity contribution in [1.29, 1.82) is 0 Å². The van der Waals surface area contributed by atoms with E-state index in [1.165, 1.54) is 41.8 Å². The molecule has 2 aliphatic rings. The Balaban J connectivity index is 0.00000225. The van der Waals surface area contributed by atoms with Crippen molar-refractivity contribution in [2.75, 3.05) is 20.3 Å². The SMILES string of the molecule is COc1ccsc1CNCCc1cccnc1C1CCOC2(CCCC2)C1.Cl. The second-order valence-corrected chi connectivity index (χ2v) is 8.82. The molecule has 3 heterocycles. The first-order chi connectivity index (χ1) is 13.3. The van der Waals surface area contributed by atoms with Gasteiger partial charge in [0, 0.05) is 31.0 Å². The standard InChI is InChI=1S/C22H30N2O2S.ClH/c1-25-19-8-14-27-20(19)16-23-12-6-17-5-4-11-24-21(17)18-7-13-26-22(15-18)9-2-3-10-22;/h4-5,8,11,14,18,23H,2-3,6-7,9-10,12-13,15-16H2,1H3;1H. The largest absolute Gasteiger partial charge is 0.496 e. The third kappa shape index (κ3) is 4.88. The van der Waals surface area contributed by atoms with Crippen molar-refractivity contribution < 1.29 is 9.47 Å². The molecule has 1 saturated heterocycles. The van der Waals surface area contributed by atoms with Crippen LogP contribution in [0.5, 0.6) is 5.75 Å². The quantitative estimate of drug-likeness (QED) is 0.629. The maximum atomic E-state index is 6.23. The first-order valence-corrected chi connectivity index (χ1v) is 11.1. The number of hydrogen-bond acceptors (Lipinski definition) is 5. The summed E-state index contributed by atoms with van der Waals surface area (Å²) in [5.74, 6) is 1.53. The van der Waals surface area contributed by atoms with Gasteiger partial charge in [0.1, 0.15) is 5.75 Å². The molecular weight excluding hydrogens is 392 g/mol. The van der Waals surface area contributed by atoms with E-state index >= 15 is 0 Å².